The van der Waals surface area contributed by atoms with Crippen molar-refractivity contribution in [1.82, 2.24) is 0 Å². The van der Waals surface area contributed by atoms with E-state index >= 15 is 0 Å². The number of hydrogen-bond acceptors (Lipinski definition) is 11. The molecule has 0 aromatic heterocycles. The molecule has 3 rings (SSSR count). The molecule has 1 aliphatic heterocycles. The molecule has 5 atom stereocenters. The van der Waals surface area contributed by atoms with Gasteiger partial charge in [-0.2, -0.15) is 0 Å². The summed E-state index contributed by atoms with van der Waals surface area (Å²) >= 11 is -3.22. The van der Waals surface area contributed by atoms with E-state index in [1.807, 2.05) is 18.2 Å². The predicted molar refractivity (Wildman–Crippen MR) is 192 cm³/mol. The van der Waals surface area contributed by atoms with E-state index in [0.29, 0.717) is 11.3 Å². The summed E-state index contributed by atoms with van der Waals surface area (Å²) in [4.78, 5) is 49.6. The Bertz CT molecular complexity index is 1450. The molecule has 1 aliphatic rings. The zero-order valence-corrected chi connectivity index (χ0v) is 34.1. The van der Waals surface area contributed by atoms with Crippen molar-refractivity contribution in [2.45, 2.75) is 131 Å². The Kier molecular flexibility index (Phi) is 16.1. The zero-order valence-electron chi connectivity index (χ0n) is 31.3. The number of rotatable bonds is 18. The van der Waals surface area contributed by atoms with E-state index in [-0.39, 0.29) is 6.61 Å². The van der Waals surface area contributed by atoms with Gasteiger partial charge in [-0.3, -0.25) is 0 Å². The Labute approximate surface area is 300 Å². The first kappa shape index (κ1) is 41.4. The molecule has 1 saturated heterocycles. The summed E-state index contributed by atoms with van der Waals surface area (Å²) in [7, 11) is 3.28. The minimum absolute atomic E-state index is 0.314. The van der Waals surface area contributed by atoms with Gasteiger partial charge in [-0.05, 0) is 0 Å². The monoisotopic (exact) mass is 808 g/mol. The van der Waals surface area contributed by atoms with E-state index in [1.165, 1.54) is 44.6 Å². The maximum atomic E-state index is 12.7. The van der Waals surface area contributed by atoms with Crippen LogP contribution in [0.4, 0.5) is 0 Å². The van der Waals surface area contributed by atoms with E-state index in [1.54, 1.807) is 14.2 Å². The fraction of sp³-hybridized carbons (Fsp3) is 0.632. The van der Waals surface area contributed by atoms with E-state index in [2.05, 4.69) is 26.8 Å². The average molecular weight is 808 g/mol. The second-order valence-electron chi connectivity index (χ2n) is 13.1. The van der Waals surface area contributed by atoms with Crippen molar-refractivity contribution in [1.29, 1.82) is 0 Å². The van der Waals surface area contributed by atoms with Gasteiger partial charge in [-0.25, -0.2) is 0 Å². The van der Waals surface area contributed by atoms with Gasteiger partial charge in [0.15, 0.2) is 0 Å². The van der Waals surface area contributed by atoms with E-state index in [4.69, 9.17) is 33.2 Å². The van der Waals surface area contributed by atoms with Crippen LogP contribution in [0, 0.1) is 0 Å². The van der Waals surface area contributed by atoms with Crippen LogP contribution in [0.1, 0.15) is 98.7 Å². The van der Waals surface area contributed by atoms with Crippen molar-refractivity contribution in [2.75, 3.05) is 20.8 Å². The number of benzene rings is 2. The maximum absolute atomic E-state index is 12.7. The van der Waals surface area contributed by atoms with Crippen LogP contribution in [0.15, 0.2) is 24.3 Å². The molecule has 50 heavy (non-hydrogen) atoms. The number of carbonyl (C=O) groups excluding carboxylic acids is 4. The van der Waals surface area contributed by atoms with E-state index in [9.17, 15) is 19.2 Å². The summed E-state index contributed by atoms with van der Waals surface area (Å²) in [6.07, 6.45) is 0.773. The Morgan fingerprint density at radius 3 is 1.60 bits per heavy atom. The topological polar surface area (TPSA) is 133 Å². The number of unbranched alkanes of at least 4 members (excludes halogenated alkanes) is 3. The van der Waals surface area contributed by atoms with Crippen molar-refractivity contribution in [2.24, 2.45) is 0 Å². The molecule has 2 aromatic rings. The Hall–Kier alpha value is -3.06. The molecule has 0 saturated carbocycles. The second kappa shape index (κ2) is 19.5. The molecule has 278 valence electrons. The molecule has 0 N–H and O–H groups in total. The number of fused-ring (bicyclic) bond motifs is 1. The third-order valence-corrected chi connectivity index (χ3v) is 25.2. The first-order valence-corrected chi connectivity index (χ1v) is 25.3. The van der Waals surface area contributed by atoms with Gasteiger partial charge in [-0.1, -0.05) is 0 Å². The molecule has 11 nitrogen and oxygen atoms in total. The summed E-state index contributed by atoms with van der Waals surface area (Å²) < 4.78 is 46.4. The quantitative estimate of drug-likeness (QED) is 0.0905. The van der Waals surface area contributed by atoms with Crippen molar-refractivity contribution < 1.29 is 52.3 Å². The van der Waals surface area contributed by atoms with Crippen molar-refractivity contribution in [3.8, 4) is 11.5 Å². The first-order valence-electron chi connectivity index (χ1n) is 17.9. The molecule has 0 amide bonds. The third kappa shape index (κ3) is 10.0. The molecule has 1 heterocycles. The number of ether oxygens (including phenoxy) is 7. The Morgan fingerprint density at radius 2 is 1.12 bits per heavy atom. The standard InChI is InChI=1S/C26H29O11.3C4H9.Sn/c1-13(27)33-12-21-23(34-14(2)28)25(35-15(3)29)26(36-16(4)30)24(37-21)22-19-9-8-18(31-5)11-17(19)7-10-20(22)32-6;3*1-3-4-2;/h7-10,21,23-26H,12H2,1-6H3;3*1,3-4H2,2H3;/t21-,23+,24+,25+,26+;;;;/m1..../s1. The molecule has 0 bridgehead atoms. The van der Waals surface area contributed by atoms with Gasteiger partial charge in [0.25, 0.3) is 0 Å². The molecule has 0 unspecified atom stereocenters. The summed E-state index contributed by atoms with van der Waals surface area (Å²) in [6.45, 7) is 11.3. The van der Waals surface area contributed by atoms with Crippen LogP contribution >= 0.6 is 0 Å². The molecular formula is C38H56O11Sn. The molecule has 2 aromatic carbocycles. The van der Waals surface area contributed by atoms with Crippen LogP contribution in [0.2, 0.25) is 13.3 Å². The molecular weight excluding hydrogens is 751 g/mol. The molecule has 12 heteroatoms. The van der Waals surface area contributed by atoms with Gasteiger partial charge in [0.1, 0.15) is 0 Å². The van der Waals surface area contributed by atoms with Gasteiger partial charge in [0.2, 0.25) is 0 Å². The number of hydrogen-bond donors (Lipinski definition) is 0. The van der Waals surface area contributed by atoms with Crippen LogP contribution < -0.4 is 13.1 Å². The fourth-order valence-electron chi connectivity index (χ4n) is 7.33. The summed E-state index contributed by atoms with van der Waals surface area (Å²) in [6, 6.07) is 7.97. The van der Waals surface area contributed by atoms with E-state index < -0.39 is 72.8 Å². The van der Waals surface area contributed by atoms with Crippen LogP contribution in [0.3, 0.4) is 0 Å². The zero-order chi connectivity index (χ0) is 37.0. The van der Waals surface area contributed by atoms with Gasteiger partial charge in [0, 0.05) is 0 Å². The molecule has 0 spiro atoms. The normalized spacial score (nSPS) is 20.5. The molecule has 0 radical (unpaired) electrons. The van der Waals surface area contributed by atoms with E-state index in [0.717, 1.165) is 55.0 Å². The predicted octanol–water partition coefficient (Wildman–Crippen LogP) is 6.71. The second-order valence-corrected chi connectivity index (χ2v) is 26.1. The number of esters is 4. The van der Waals surface area contributed by atoms with Gasteiger partial charge < -0.3 is 0 Å². The third-order valence-electron chi connectivity index (χ3n) is 9.44. The average Bonchev–Trinajstić information content (AvgIpc) is 3.07. The Balaban J connectivity index is 2.45. The van der Waals surface area contributed by atoms with Gasteiger partial charge in [-0.15, -0.1) is 0 Å². The van der Waals surface area contributed by atoms with Crippen molar-refractivity contribution in [3.05, 3.63) is 29.8 Å². The van der Waals surface area contributed by atoms with Crippen LogP contribution in [0.25, 0.3) is 10.8 Å². The van der Waals surface area contributed by atoms with Crippen molar-refractivity contribution >= 4 is 56.6 Å². The minimum atomic E-state index is -3.22. The number of carbonyl (C=O) groups is 4. The number of methoxy groups -OCH3 is 2. The van der Waals surface area contributed by atoms with Crippen LogP contribution in [-0.2, 0) is 42.9 Å². The van der Waals surface area contributed by atoms with Crippen LogP contribution in [-0.4, -0.2) is 87.5 Å². The molecule has 1 fully saturated rings. The SMILES string of the molecule is CCC[CH2][Sn]([CH2]CCC)([CH2]CCC)[c]1c(OC)ccc2c([C@@H]3O[C@H](COC(C)=O)[C@H](OC(C)=O)[C@H](OC(C)=O)[C@H]3OC(C)=O)c(OC)ccc12. The van der Waals surface area contributed by atoms with Crippen molar-refractivity contribution in [3.63, 3.8) is 0 Å². The summed E-state index contributed by atoms with van der Waals surface area (Å²) in [5.41, 5.74) is 0.577. The fourth-order valence-corrected chi connectivity index (χ4v) is 24.7. The summed E-state index contributed by atoms with van der Waals surface area (Å²) in [5, 5.41) is 1.86. The first-order chi connectivity index (χ1) is 23.9. The van der Waals surface area contributed by atoms with Crippen LogP contribution in [0.5, 0.6) is 11.5 Å². The Morgan fingerprint density at radius 1 is 0.640 bits per heavy atom. The summed E-state index contributed by atoms with van der Waals surface area (Å²) in [5.74, 6) is -1.25. The molecule has 0 aliphatic carbocycles. The van der Waals surface area contributed by atoms with Gasteiger partial charge in [0.05, 0.1) is 0 Å². The van der Waals surface area contributed by atoms with Gasteiger partial charge >= 0.3 is 302 Å².